The second kappa shape index (κ2) is 5.65. The van der Waals surface area contributed by atoms with E-state index >= 15 is 0 Å². The topological polar surface area (TPSA) is 35.0 Å². The molecule has 1 heterocycles. The van der Waals surface area contributed by atoms with E-state index in [1.165, 1.54) is 0 Å². The predicted octanol–water partition coefficient (Wildman–Crippen LogP) is 4.26. The third-order valence-corrected chi connectivity index (χ3v) is 2.55. The van der Waals surface area contributed by atoms with Gasteiger partial charge in [-0.05, 0) is 31.5 Å². The molecule has 0 bridgehead atoms. The average molecular weight is 261 g/mol. The van der Waals surface area contributed by atoms with Crippen molar-refractivity contribution in [1.29, 1.82) is 0 Å². The summed E-state index contributed by atoms with van der Waals surface area (Å²) in [6.45, 7) is 3.84. The van der Waals surface area contributed by atoms with Crippen molar-refractivity contribution >= 4 is 17.7 Å². The molecule has 0 radical (unpaired) electrons. The van der Waals surface area contributed by atoms with Gasteiger partial charge in [-0.2, -0.15) is 4.98 Å². The summed E-state index contributed by atoms with van der Waals surface area (Å²) >= 11 is 5.77. The number of aromatic nitrogens is 2. The lowest BCUT2D eigenvalue weighted by Crippen LogP contribution is -1.94. The van der Waals surface area contributed by atoms with Gasteiger partial charge in [0, 0.05) is 17.3 Å². The monoisotopic (exact) mass is 260 g/mol. The number of halogens is 1. The van der Waals surface area contributed by atoms with Gasteiger partial charge in [-0.3, -0.25) is 0 Å². The van der Waals surface area contributed by atoms with Gasteiger partial charge in [-0.25, -0.2) is 4.98 Å². The maximum atomic E-state index is 5.79. The molecule has 2 aromatic rings. The molecule has 18 heavy (non-hydrogen) atoms. The maximum absolute atomic E-state index is 5.79. The molecule has 0 fully saturated rings. The highest BCUT2D eigenvalue weighted by Gasteiger charge is 2.07. The van der Waals surface area contributed by atoms with E-state index in [0.717, 1.165) is 16.9 Å². The number of hydrogen-bond donors (Lipinski definition) is 0. The summed E-state index contributed by atoms with van der Waals surface area (Å²) in [4.78, 5) is 7.98. The second-order valence-corrected chi connectivity index (χ2v) is 4.11. The smallest absolute Gasteiger partial charge is 0.226 e. The highest BCUT2D eigenvalue weighted by Crippen LogP contribution is 2.27. The van der Waals surface area contributed by atoms with Crippen LogP contribution in [0.2, 0.25) is 5.28 Å². The van der Waals surface area contributed by atoms with Gasteiger partial charge in [0.2, 0.25) is 11.2 Å². The van der Waals surface area contributed by atoms with E-state index in [2.05, 4.69) is 9.97 Å². The fourth-order valence-corrected chi connectivity index (χ4v) is 1.63. The zero-order valence-electron chi connectivity index (χ0n) is 10.2. The summed E-state index contributed by atoms with van der Waals surface area (Å²) in [6.07, 6.45) is 5.58. The van der Waals surface area contributed by atoms with Crippen molar-refractivity contribution in [3.63, 3.8) is 0 Å². The van der Waals surface area contributed by atoms with Crippen molar-refractivity contribution in [2.24, 2.45) is 0 Å². The Morgan fingerprint density at radius 3 is 2.83 bits per heavy atom. The van der Waals surface area contributed by atoms with Gasteiger partial charge >= 0.3 is 0 Å². The normalized spacial score (nSPS) is 10.8. The Kier molecular flexibility index (Phi) is 3.95. The minimum atomic E-state index is 0.180. The van der Waals surface area contributed by atoms with Crippen LogP contribution in [-0.4, -0.2) is 9.97 Å². The number of para-hydroxylation sites is 1. The first-order chi connectivity index (χ1) is 8.70. The van der Waals surface area contributed by atoms with Crippen LogP contribution in [0, 0.1) is 6.92 Å². The van der Waals surface area contributed by atoms with E-state index in [1.807, 2.05) is 50.3 Å². The van der Waals surface area contributed by atoms with Crippen LogP contribution in [0.25, 0.3) is 6.08 Å². The lowest BCUT2D eigenvalue weighted by molar-refractivity contribution is 0.456. The van der Waals surface area contributed by atoms with E-state index in [-0.39, 0.29) is 5.28 Å². The second-order valence-electron chi connectivity index (χ2n) is 3.77. The zero-order valence-corrected chi connectivity index (χ0v) is 11.0. The van der Waals surface area contributed by atoms with Gasteiger partial charge in [0.15, 0.2) is 0 Å². The molecule has 0 N–H and O–H groups in total. The molecule has 0 aliphatic rings. The van der Waals surface area contributed by atoms with Crippen molar-refractivity contribution in [2.75, 3.05) is 0 Å². The van der Waals surface area contributed by atoms with Crippen LogP contribution in [0.3, 0.4) is 0 Å². The molecule has 0 aliphatic carbocycles. The molecule has 0 atom stereocenters. The lowest BCUT2D eigenvalue weighted by Gasteiger charge is -2.09. The van der Waals surface area contributed by atoms with Crippen LogP contribution in [0.1, 0.15) is 18.1 Å². The number of rotatable bonds is 3. The Morgan fingerprint density at radius 1 is 1.28 bits per heavy atom. The fourth-order valence-electron chi connectivity index (χ4n) is 1.50. The van der Waals surface area contributed by atoms with Crippen molar-refractivity contribution in [1.82, 2.24) is 9.97 Å². The Labute approximate surface area is 111 Å². The minimum absolute atomic E-state index is 0.180. The lowest BCUT2D eigenvalue weighted by atomic mass is 10.2. The molecule has 92 valence electrons. The van der Waals surface area contributed by atoms with E-state index in [4.69, 9.17) is 16.3 Å². The van der Waals surface area contributed by atoms with E-state index in [0.29, 0.717) is 5.88 Å². The Bertz CT molecular complexity index is 582. The number of benzene rings is 1. The third-order valence-electron chi connectivity index (χ3n) is 2.37. The molecule has 1 aromatic carbocycles. The van der Waals surface area contributed by atoms with Gasteiger partial charge in [0.05, 0.1) is 0 Å². The molecule has 0 amide bonds. The average Bonchev–Trinajstić information content (AvgIpc) is 2.36. The quantitative estimate of drug-likeness (QED) is 0.774. The van der Waals surface area contributed by atoms with Crippen molar-refractivity contribution < 1.29 is 4.74 Å². The minimum Gasteiger partial charge on any atom is -0.438 e. The highest BCUT2D eigenvalue weighted by molar-refractivity contribution is 6.28. The summed E-state index contributed by atoms with van der Waals surface area (Å²) < 4.78 is 5.79. The molecule has 0 aliphatic heterocycles. The number of allylic oxidation sites excluding steroid dienone is 1. The summed E-state index contributed by atoms with van der Waals surface area (Å²) in [6, 6.07) is 7.75. The van der Waals surface area contributed by atoms with Crippen molar-refractivity contribution in [3.05, 3.63) is 52.9 Å². The van der Waals surface area contributed by atoms with Crippen molar-refractivity contribution in [3.8, 4) is 11.6 Å². The summed E-state index contributed by atoms with van der Waals surface area (Å²) in [7, 11) is 0. The van der Waals surface area contributed by atoms with Gasteiger partial charge in [-0.1, -0.05) is 30.4 Å². The Morgan fingerprint density at radius 2 is 2.06 bits per heavy atom. The van der Waals surface area contributed by atoms with E-state index in [1.54, 1.807) is 6.20 Å². The SMILES string of the molecule is CC=Cc1ccccc1Oc1nc(Cl)ncc1C. The summed E-state index contributed by atoms with van der Waals surface area (Å²) in [5.41, 5.74) is 1.84. The molecule has 2 rings (SSSR count). The van der Waals surface area contributed by atoms with Gasteiger partial charge in [0.25, 0.3) is 0 Å². The van der Waals surface area contributed by atoms with Crippen LogP contribution in [-0.2, 0) is 0 Å². The molecule has 0 saturated heterocycles. The Hall–Kier alpha value is -1.87. The predicted molar refractivity (Wildman–Crippen MR) is 73.0 cm³/mol. The largest absolute Gasteiger partial charge is 0.438 e. The molecule has 0 unspecified atom stereocenters. The van der Waals surface area contributed by atoms with E-state index in [9.17, 15) is 0 Å². The summed E-state index contributed by atoms with van der Waals surface area (Å²) in [5, 5.41) is 0.180. The number of hydrogen-bond acceptors (Lipinski definition) is 3. The van der Waals surface area contributed by atoms with Crippen LogP contribution >= 0.6 is 11.6 Å². The first-order valence-corrected chi connectivity index (χ1v) is 5.97. The first-order valence-electron chi connectivity index (χ1n) is 5.59. The molecule has 4 heteroatoms. The van der Waals surface area contributed by atoms with Crippen molar-refractivity contribution in [2.45, 2.75) is 13.8 Å². The number of ether oxygens (including phenoxy) is 1. The molecule has 3 nitrogen and oxygen atoms in total. The van der Waals surface area contributed by atoms with Gasteiger partial charge in [-0.15, -0.1) is 0 Å². The number of nitrogens with zero attached hydrogens (tertiary/aromatic N) is 2. The Balaban J connectivity index is 2.36. The molecule has 1 aromatic heterocycles. The zero-order chi connectivity index (χ0) is 13.0. The molecular weight excluding hydrogens is 248 g/mol. The first kappa shape index (κ1) is 12.6. The highest BCUT2D eigenvalue weighted by atomic mass is 35.5. The van der Waals surface area contributed by atoms with E-state index < -0.39 is 0 Å². The van der Waals surface area contributed by atoms with Crippen LogP contribution in [0.15, 0.2) is 36.5 Å². The third kappa shape index (κ3) is 2.87. The van der Waals surface area contributed by atoms with Gasteiger partial charge in [0.1, 0.15) is 5.75 Å². The molecule has 0 saturated carbocycles. The standard InChI is InChI=1S/C14H13ClN2O/c1-3-6-11-7-4-5-8-12(11)18-13-10(2)9-16-14(15)17-13/h3-9H,1-2H3. The van der Waals surface area contributed by atoms with Crippen LogP contribution < -0.4 is 4.74 Å². The molecular formula is C14H13ClN2O. The van der Waals surface area contributed by atoms with Gasteiger partial charge < -0.3 is 4.74 Å². The maximum Gasteiger partial charge on any atom is 0.226 e. The van der Waals surface area contributed by atoms with Crippen LogP contribution in [0.5, 0.6) is 11.6 Å². The molecule has 0 spiro atoms. The number of aryl methyl sites for hydroxylation is 1. The summed E-state index contributed by atoms with van der Waals surface area (Å²) in [5.74, 6) is 1.22. The van der Waals surface area contributed by atoms with Crippen LogP contribution in [0.4, 0.5) is 0 Å². The fraction of sp³-hybridized carbons (Fsp3) is 0.143.